The Morgan fingerprint density at radius 2 is 1.07 bits per heavy atom. The van der Waals surface area contributed by atoms with E-state index >= 15 is 0 Å². The van der Waals surface area contributed by atoms with Crippen LogP contribution in [0.1, 0.15) is 6.42 Å². The highest BCUT2D eigenvalue weighted by Crippen LogP contribution is 2.41. The summed E-state index contributed by atoms with van der Waals surface area (Å²) in [5.41, 5.74) is -1.73. The van der Waals surface area contributed by atoms with Crippen molar-refractivity contribution in [2.75, 3.05) is 0 Å². The van der Waals surface area contributed by atoms with E-state index in [2.05, 4.69) is 16.1 Å². The largest absolute Gasteiger partial charge is 0.466 e. The molecule has 0 aromatic rings. The number of ether oxygens (including phenoxy) is 2. The topological polar surface area (TPSA) is 52.6 Å². The number of hydrogen-bond acceptors (Lipinski definition) is 4. The maximum absolute atomic E-state index is 13.1. The summed E-state index contributed by atoms with van der Waals surface area (Å²) in [5, 5.41) is 0. The monoisotopic (exact) mass is 430 g/mol. The van der Waals surface area contributed by atoms with E-state index < -0.39 is 60.8 Å². The fourth-order valence-electron chi connectivity index (χ4n) is 1.11. The summed E-state index contributed by atoms with van der Waals surface area (Å²) in [7, 11) is 0. The number of rotatable bonds is 7. The van der Waals surface area contributed by atoms with E-state index in [0.29, 0.717) is 0 Å². The summed E-state index contributed by atoms with van der Waals surface area (Å²) in [6.45, 7) is 2.41. The van der Waals surface area contributed by atoms with Crippen molar-refractivity contribution in [1.29, 1.82) is 0 Å². The smallest absolute Gasteiger partial charge is 0.415 e. The van der Waals surface area contributed by atoms with Gasteiger partial charge in [0.1, 0.15) is 0 Å². The van der Waals surface area contributed by atoms with Crippen LogP contribution in [0.15, 0.2) is 12.2 Å². The van der Waals surface area contributed by atoms with Crippen molar-refractivity contribution < 1.29 is 71.7 Å². The Bertz CT molecular complexity index is 583. The highest BCUT2D eigenvalue weighted by molar-refractivity contribution is 5.93. The molecule has 0 rings (SSSR count). The lowest BCUT2D eigenvalue weighted by molar-refractivity contribution is -0.356. The Hall–Kier alpha value is -2.16. The maximum atomic E-state index is 13.1. The van der Waals surface area contributed by atoms with Gasteiger partial charge in [-0.05, 0) is 0 Å². The zero-order valence-corrected chi connectivity index (χ0v) is 12.2. The van der Waals surface area contributed by atoms with Gasteiger partial charge in [0.05, 0.1) is 6.42 Å². The molecule has 4 nitrogen and oxygen atoms in total. The molecule has 0 saturated heterocycles. The molecule has 0 amide bonds. The fourth-order valence-corrected chi connectivity index (χ4v) is 1.11. The highest BCUT2D eigenvalue weighted by atomic mass is 19.4. The third-order valence-electron chi connectivity index (χ3n) is 2.48. The molecular weight excluding hydrogens is 424 g/mol. The summed E-state index contributed by atoms with van der Waals surface area (Å²) < 4.78 is 153. The predicted octanol–water partition coefficient (Wildman–Crippen LogP) is 4.01. The van der Waals surface area contributed by atoms with Crippen LogP contribution in [0.4, 0.5) is 52.7 Å². The number of hydrogen-bond donors (Lipinski definition) is 0. The molecule has 0 aliphatic carbocycles. The first kappa shape index (κ1) is 24.8. The molecule has 0 saturated carbocycles. The summed E-state index contributed by atoms with van der Waals surface area (Å²) >= 11 is 0. The van der Waals surface area contributed by atoms with Gasteiger partial charge in [0.15, 0.2) is 0 Å². The zero-order chi connectivity index (χ0) is 22.0. The molecule has 0 heterocycles. The molecule has 2 atom stereocenters. The van der Waals surface area contributed by atoms with Crippen molar-refractivity contribution in [2.24, 2.45) is 0 Å². The van der Waals surface area contributed by atoms with E-state index in [1.165, 1.54) is 0 Å². The van der Waals surface area contributed by atoms with Gasteiger partial charge < -0.3 is 9.47 Å². The molecule has 158 valence electrons. The molecule has 0 fully saturated rings. The van der Waals surface area contributed by atoms with Gasteiger partial charge in [-0.15, -0.1) is 0 Å². The first-order valence-electron chi connectivity index (χ1n) is 6.00. The van der Waals surface area contributed by atoms with Gasteiger partial charge in [0.2, 0.25) is 0 Å². The van der Waals surface area contributed by atoms with Crippen LogP contribution in [0, 0.1) is 0 Å². The van der Waals surface area contributed by atoms with E-state index in [1.807, 2.05) is 0 Å². The van der Waals surface area contributed by atoms with Crippen LogP contribution < -0.4 is 0 Å². The van der Waals surface area contributed by atoms with Crippen molar-refractivity contribution in [1.82, 2.24) is 0 Å². The quantitative estimate of drug-likeness (QED) is 0.348. The van der Waals surface area contributed by atoms with Gasteiger partial charge in [-0.25, -0.2) is 22.4 Å². The number of alkyl halides is 12. The SMILES string of the molecule is C=C(CC(=O)O[C@](F)(C(F)F)C(F)(F)F)C(=O)O[C@](F)(C(F)F)C(F)(F)F. The van der Waals surface area contributed by atoms with Crippen molar-refractivity contribution in [3.8, 4) is 0 Å². The second-order valence-electron chi connectivity index (χ2n) is 4.53. The lowest BCUT2D eigenvalue weighted by Crippen LogP contribution is -2.51. The van der Waals surface area contributed by atoms with Crippen LogP contribution in [-0.2, 0) is 19.1 Å². The molecule has 27 heavy (non-hydrogen) atoms. The highest BCUT2D eigenvalue weighted by Gasteiger charge is 2.68. The first-order chi connectivity index (χ1) is 11.8. The lowest BCUT2D eigenvalue weighted by Gasteiger charge is -2.27. The maximum Gasteiger partial charge on any atom is 0.466 e. The molecule has 16 heteroatoms. The molecule has 0 aromatic heterocycles. The fraction of sp³-hybridized carbons (Fsp3) is 0.636. The van der Waals surface area contributed by atoms with Crippen LogP contribution in [0.3, 0.4) is 0 Å². The van der Waals surface area contributed by atoms with Gasteiger partial charge >= 0.3 is 48.9 Å². The number of halogens is 12. The van der Waals surface area contributed by atoms with Crippen molar-refractivity contribution in [2.45, 2.75) is 43.3 Å². The second-order valence-corrected chi connectivity index (χ2v) is 4.53. The Labute approximate surface area is 140 Å². The molecule has 0 bridgehead atoms. The molecule has 0 spiro atoms. The number of esters is 2. The molecular formula is C11H6F12O4. The lowest BCUT2D eigenvalue weighted by atomic mass is 10.2. The van der Waals surface area contributed by atoms with Gasteiger partial charge in [-0.3, -0.25) is 4.79 Å². The normalized spacial score (nSPS) is 17.3. The van der Waals surface area contributed by atoms with E-state index in [1.54, 1.807) is 0 Å². The van der Waals surface area contributed by atoms with Gasteiger partial charge in [-0.2, -0.15) is 35.1 Å². The summed E-state index contributed by atoms with van der Waals surface area (Å²) in [6, 6.07) is 0. The minimum absolute atomic E-state index is 1.73. The molecule has 0 aliphatic heterocycles. The van der Waals surface area contributed by atoms with E-state index in [4.69, 9.17) is 0 Å². The predicted molar refractivity (Wildman–Crippen MR) is 57.7 cm³/mol. The number of carbonyl (C=O) groups is 2. The average molecular weight is 430 g/mol. The van der Waals surface area contributed by atoms with Crippen LogP contribution in [0.25, 0.3) is 0 Å². The van der Waals surface area contributed by atoms with Crippen LogP contribution in [0.2, 0.25) is 0 Å². The van der Waals surface area contributed by atoms with Crippen LogP contribution in [0.5, 0.6) is 0 Å². The summed E-state index contributed by atoms with van der Waals surface area (Å²) in [5.74, 6) is -17.1. The van der Waals surface area contributed by atoms with Gasteiger partial charge in [-0.1, -0.05) is 6.58 Å². The minimum Gasteiger partial charge on any atom is -0.415 e. The Morgan fingerprint density at radius 1 is 0.741 bits per heavy atom. The van der Waals surface area contributed by atoms with Gasteiger partial charge in [0, 0.05) is 5.57 Å². The first-order valence-corrected chi connectivity index (χ1v) is 6.00. The Kier molecular flexibility index (Phi) is 7.21. The molecule has 0 unspecified atom stereocenters. The summed E-state index contributed by atoms with van der Waals surface area (Å²) in [6.07, 6.45) is -24.9. The van der Waals surface area contributed by atoms with E-state index in [-0.39, 0.29) is 0 Å². The van der Waals surface area contributed by atoms with Crippen LogP contribution >= 0.6 is 0 Å². The standard InChI is InChI=1S/C11H6F12O4/c1-3(5(25)27-9(17,7(14)15)11(21,22)23)2-4(24)26-8(16,6(12)13)10(18,19)20/h6-7H,1-2H2/t8-,9-/m1/s1. The molecule has 0 aliphatic rings. The van der Waals surface area contributed by atoms with Crippen molar-refractivity contribution in [3.63, 3.8) is 0 Å². The zero-order valence-electron chi connectivity index (χ0n) is 12.2. The Balaban J connectivity index is 5.24. The molecule has 0 radical (unpaired) electrons. The minimum atomic E-state index is -6.47. The summed E-state index contributed by atoms with van der Waals surface area (Å²) in [4.78, 5) is 22.1. The number of carbonyl (C=O) groups excluding carboxylic acids is 2. The second kappa shape index (κ2) is 7.84. The third-order valence-corrected chi connectivity index (χ3v) is 2.48. The Morgan fingerprint density at radius 3 is 1.37 bits per heavy atom. The molecule has 0 aromatic carbocycles. The van der Waals surface area contributed by atoms with Gasteiger partial charge in [0.25, 0.3) is 0 Å². The van der Waals surface area contributed by atoms with Crippen molar-refractivity contribution >= 4 is 11.9 Å². The van der Waals surface area contributed by atoms with E-state index in [9.17, 15) is 62.3 Å². The van der Waals surface area contributed by atoms with E-state index in [0.717, 1.165) is 0 Å². The van der Waals surface area contributed by atoms with Crippen molar-refractivity contribution in [3.05, 3.63) is 12.2 Å². The molecule has 0 N–H and O–H groups in total. The third kappa shape index (κ3) is 5.41. The van der Waals surface area contributed by atoms with Crippen LogP contribution in [-0.4, -0.2) is 48.9 Å². The average Bonchev–Trinajstić information content (AvgIpc) is 2.43.